The van der Waals surface area contributed by atoms with E-state index in [9.17, 15) is 0 Å². The molecule has 0 atom stereocenters. The average molecular weight is 914 g/mol. The second-order valence-corrected chi connectivity index (χ2v) is 23.2. The molecular formula is C52H64S7. The van der Waals surface area contributed by atoms with Gasteiger partial charge in [0.05, 0.1) is 9.75 Å². The van der Waals surface area contributed by atoms with E-state index in [1.807, 2.05) is 79.4 Å². The molecule has 7 heterocycles. The summed E-state index contributed by atoms with van der Waals surface area (Å²) in [6, 6.07) is 19.9. The lowest BCUT2D eigenvalue weighted by Gasteiger charge is -2.00. The zero-order valence-corrected chi connectivity index (χ0v) is 41.6. The van der Waals surface area contributed by atoms with Crippen LogP contribution in [0.4, 0.5) is 0 Å². The molecule has 0 N–H and O–H groups in total. The van der Waals surface area contributed by atoms with Crippen LogP contribution in [0, 0.1) is 0 Å². The van der Waals surface area contributed by atoms with Gasteiger partial charge in [-0.3, -0.25) is 0 Å². The minimum atomic E-state index is 1.19. The molecule has 0 bridgehead atoms. The Bertz CT molecular complexity index is 1980. The van der Waals surface area contributed by atoms with Gasteiger partial charge >= 0.3 is 0 Å². The summed E-state index contributed by atoms with van der Waals surface area (Å²) in [7, 11) is 0. The summed E-state index contributed by atoms with van der Waals surface area (Å²) in [5, 5.41) is 9.72. The van der Waals surface area contributed by atoms with Gasteiger partial charge in [0, 0.05) is 50.1 Å². The number of unbranched alkanes of at least 4 members (excludes halogenated alkanes) is 12. The standard InChI is InChI=1S/C52H64S7/c1-5-9-13-17-21-37-27-45(53-33-37)41-31-47(58-51(41)49-29-39(35-55-49)23-19-15-11-7-3)43-25-26-44(57-43)48-32-42(46-28-38(34-54-46)22-18-14-10-6-2)52(59-48)50-30-40(36-56-50)24-20-16-12-8-4/h25-36H,5-24H2,1-4H3. The fourth-order valence-electron chi connectivity index (χ4n) is 7.93. The maximum absolute atomic E-state index is 2.52. The van der Waals surface area contributed by atoms with E-state index in [-0.39, 0.29) is 0 Å². The third-order valence-electron chi connectivity index (χ3n) is 11.4. The molecule has 7 rings (SSSR count). The second-order valence-electron chi connectivity index (χ2n) is 16.4. The zero-order valence-electron chi connectivity index (χ0n) is 35.9. The summed E-state index contributed by atoms with van der Waals surface area (Å²) in [5.74, 6) is 0. The molecule has 0 amide bonds. The molecule has 7 aromatic rings. The minimum absolute atomic E-state index is 1.19. The van der Waals surface area contributed by atoms with Crippen LogP contribution in [0.1, 0.15) is 153 Å². The molecule has 0 aliphatic rings. The van der Waals surface area contributed by atoms with Crippen LogP contribution in [0.15, 0.2) is 70.1 Å². The molecular weight excluding hydrogens is 849 g/mol. The van der Waals surface area contributed by atoms with Crippen molar-refractivity contribution in [3.05, 3.63) is 92.3 Å². The predicted molar refractivity (Wildman–Crippen MR) is 276 cm³/mol. The van der Waals surface area contributed by atoms with E-state index in [1.54, 1.807) is 0 Å². The fourth-order valence-corrected chi connectivity index (χ4v) is 15.7. The van der Waals surface area contributed by atoms with E-state index in [1.165, 1.54) is 211 Å². The molecule has 0 saturated carbocycles. The molecule has 0 spiro atoms. The number of hydrogen-bond acceptors (Lipinski definition) is 7. The van der Waals surface area contributed by atoms with E-state index in [0.29, 0.717) is 0 Å². The lowest BCUT2D eigenvalue weighted by atomic mass is 10.1. The van der Waals surface area contributed by atoms with Crippen molar-refractivity contribution in [2.45, 2.75) is 156 Å². The normalized spacial score (nSPS) is 11.7. The molecule has 7 heteroatoms. The van der Waals surface area contributed by atoms with Crippen molar-refractivity contribution in [1.29, 1.82) is 0 Å². The van der Waals surface area contributed by atoms with E-state index in [4.69, 9.17) is 0 Å². The van der Waals surface area contributed by atoms with Gasteiger partial charge < -0.3 is 0 Å². The largest absolute Gasteiger partial charge is 0.143 e. The van der Waals surface area contributed by atoms with E-state index >= 15 is 0 Å². The Balaban J connectivity index is 1.18. The topological polar surface area (TPSA) is 0 Å². The van der Waals surface area contributed by atoms with E-state index in [2.05, 4.69) is 97.7 Å². The quantitative estimate of drug-likeness (QED) is 0.0475. The van der Waals surface area contributed by atoms with Gasteiger partial charge in [-0.25, -0.2) is 0 Å². The van der Waals surface area contributed by atoms with E-state index in [0.717, 1.165) is 0 Å². The van der Waals surface area contributed by atoms with Gasteiger partial charge in [-0.05, 0) is 144 Å². The number of aryl methyl sites for hydroxylation is 4. The highest BCUT2D eigenvalue weighted by molar-refractivity contribution is 7.30. The molecule has 0 fully saturated rings. The fraction of sp³-hybridized carbons (Fsp3) is 0.462. The van der Waals surface area contributed by atoms with Crippen molar-refractivity contribution in [2.75, 3.05) is 0 Å². The highest BCUT2D eigenvalue weighted by Crippen LogP contribution is 2.52. The Hall–Kier alpha value is -2.10. The maximum Gasteiger partial charge on any atom is 0.0536 e. The van der Waals surface area contributed by atoms with Crippen LogP contribution in [0.3, 0.4) is 0 Å². The van der Waals surface area contributed by atoms with Crippen LogP contribution in [0.5, 0.6) is 0 Å². The molecule has 0 aliphatic carbocycles. The highest BCUT2D eigenvalue weighted by atomic mass is 32.1. The van der Waals surface area contributed by atoms with Crippen molar-refractivity contribution in [3.8, 4) is 59.9 Å². The third kappa shape index (κ3) is 12.3. The Kier molecular flexibility index (Phi) is 17.8. The molecule has 0 nitrogen and oxygen atoms in total. The first-order valence-electron chi connectivity index (χ1n) is 22.8. The predicted octanol–water partition coefficient (Wildman–Crippen LogP) is 20.6. The van der Waals surface area contributed by atoms with Gasteiger partial charge in [-0.1, -0.05) is 105 Å². The average Bonchev–Trinajstić information content (AvgIpc) is 4.10. The Morgan fingerprint density at radius 3 is 0.966 bits per heavy atom. The molecule has 59 heavy (non-hydrogen) atoms. The maximum atomic E-state index is 2.52. The smallest absolute Gasteiger partial charge is 0.0536 e. The van der Waals surface area contributed by atoms with E-state index < -0.39 is 0 Å². The van der Waals surface area contributed by atoms with Gasteiger partial charge in [0.2, 0.25) is 0 Å². The van der Waals surface area contributed by atoms with Gasteiger partial charge in [-0.2, -0.15) is 0 Å². The highest BCUT2D eigenvalue weighted by Gasteiger charge is 2.21. The first kappa shape index (κ1) is 44.9. The summed E-state index contributed by atoms with van der Waals surface area (Å²) in [4.78, 5) is 14.2. The minimum Gasteiger partial charge on any atom is -0.143 e. The van der Waals surface area contributed by atoms with Crippen LogP contribution >= 0.6 is 79.4 Å². The van der Waals surface area contributed by atoms with Crippen LogP contribution in [0.25, 0.3) is 59.9 Å². The zero-order chi connectivity index (χ0) is 40.8. The molecule has 314 valence electrons. The molecule has 0 radical (unpaired) electrons. The number of thiophene rings is 7. The van der Waals surface area contributed by atoms with Crippen LogP contribution in [-0.2, 0) is 25.7 Å². The van der Waals surface area contributed by atoms with Crippen LogP contribution in [0.2, 0.25) is 0 Å². The lowest BCUT2D eigenvalue weighted by Crippen LogP contribution is -1.82. The van der Waals surface area contributed by atoms with Crippen LogP contribution < -0.4 is 0 Å². The lowest BCUT2D eigenvalue weighted by molar-refractivity contribution is 0.667. The second kappa shape index (κ2) is 23.4. The summed E-state index contributed by atoms with van der Waals surface area (Å²) in [6.45, 7) is 9.21. The summed E-state index contributed by atoms with van der Waals surface area (Å²) >= 11 is 13.8. The van der Waals surface area contributed by atoms with Gasteiger partial charge in [-0.15, -0.1) is 79.4 Å². The molecule has 0 aromatic carbocycles. The Morgan fingerprint density at radius 2 is 0.627 bits per heavy atom. The molecule has 0 unspecified atom stereocenters. The van der Waals surface area contributed by atoms with Gasteiger partial charge in [0.15, 0.2) is 0 Å². The monoisotopic (exact) mass is 912 g/mol. The van der Waals surface area contributed by atoms with Crippen molar-refractivity contribution in [1.82, 2.24) is 0 Å². The Morgan fingerprint density at radius 1 is 0.305 bits per heavy atom. The Labute approximate surface area is 384 Å². The van der Waals surface area contributed by atoms with Crippen molar-refractivity contribution in [2.24, 2.45) is 0 Å². The van der Waals surface area contributed by atoms with Gasteiger partial charge in [0.25, 0.3) is 0 Å². The molecule has 0 aliphatic heterocycles. The van der Waals surface area contributed by atoms with Crippen LogP contribution in [-0.4, -0.2) is 0 Å². The van der Waals surface area contributed by atoms with Crippen molar-refractivity contribution in [3.63, 3.8) is 0 Å². The number of hydrogen-bond donors (Lipinski definition) is 0. The SMILES string of the molecule is CCCCCCc1csc(-c2cc(-c3ccc(-c4cc(-c5cc(CCCCCC)cs5)c(-c5cc(CCCCCC)cs5)s4)s3)sc2-c2cc(CCCCCC)cs2)c1. The first-order valence-corrected chi connectivity index (χ1v) is 28.7. The van der Waals surface area contributed by atoms with Gasteiger partial charge in [0.1, 0.15) is 0 Å². The molecule has 7 aromatic heterocycles. The van der Waals surface area contributed by atoms with Crippen molar-refractivity contribution < 1.29 is 0 Å². The third-order valence-corrected chi connectivity index (χ3v) is 19.5. The first-order chi connectivity index (χ1) is 29.1. The summed E-state index contributed by atoms with van der Waals surface area (Å²) in [5.41, 5.74) is 8.89. The van der Waals surface area contributed by atoms with Crippen molar-refractivity contribution >= 4 is 79.4 Å². The number of rotatable bonds is 26. The summed E-state index contributed by atoms with van der Waals surface area (Å²) in [6.07, 6.45) is 25.8. The molecule has 0 saturated heterocycles. The summed E-state index contributed by atoms with van der Waals surface area (Å²) < 4.78 is 0.